The average molecular weight is 197 g/mol. The summed E-state index contributed by atoms with van der Waals surface area (Å²) in [5.74, 6) is -4.97. The Morgan fingerprint density at radius 2 is 1.31 bits per heavy atom. The van der Waals surface area contributed by atoms with E-state index in [9.17, 15) is 27.6 Å². The van der Waals surface area contributed by atoms with Gasteiger partial charge in [0.1, 0.15) is 0 Å². The quantitative estimate of drug-likeness (QED) is 0.567. The molecule has 0 N–H and O–H groups in total. The molecule has 0 aliphatic carbocycles. The predicted molar refractivity (Wildman–Crippen MR) is 34.3 cm³/mol. The Balaban J connectivity index is 4.89. The van der Waals surface area contributed by atoms with Crippen LogP contribution in [0.4, 0.5) is 13.2 Å². The van der Waals surface area contributed by atoms with Crippen molar-refractivity contribution in [3.63, 3.8) is 0 Å². The molecule has 7 heteroatoms. The molecule has 0 heterocycles. The Hall–Kier alpha value is -1.40. The Morgan fingerprint density at radius 3 is 1.38 bits per heavy atom. The number of carbonyl (C=O) groups excluding carboxylic acids is 3. The average Bonchev–Trinajstić information content (AvgIpc) is 1.82. The third kappa shape index (κ3) is 2.85. The number of hydrogen-bond donors (Lipinski definition) is 0. The first kappa shape index (κ1) is 11.6. The minimum atomic E-state index is -5.21. The molecule has 0 saturated carbocycles. The molecule has 0 unspecified atom stereocenters. The first-order chi connectivity index (χ1) is 5.68. The molecule has 0 rings (SSSR count). The zero-order valence-corrected chi connectivity index (χ0v) is 6.81. The highest BCUT2D eigenvalue weighted by atomic mass is 19.4. The number of rotatable bonds is 0. The van der Waals surface area contributed by atoms with Crippen molar-refractivity contribution >= 4 is 17.7 Å². The first-order valence-electron chi connectivity index (χ1n) is 3.10. The van der Waals surface area contributed by atoms with Crippen LogP contribution in [0.5, 0.6) is 0 Å². The van der Waals surface area contributed by atoms with Crippen LogP contribution in [0, 0.1) is 0 Å². The van der Waals surface area contributed by atoms with Crippen LogP contribution in [-0.4, -0.2) is 28.8 Å². The third-order valence-corrected chi connectivity index (χ3v) is 1.08. The van der Waals surface area contributed by atoms with Gasteiger partial charge in [-0.3, -0.25) is 14.4 Å². The van der Waals surface area contributed by atoms with Crippen LogP contribution in [0.1, 0.15) is 13.8 Å². The molecule has 0 spiro atoms. The predicted octanol–water partition coefficient (Wildman–Crippen LogP) is 0.470. The highest BCUT2D eigenvalue weighted by molar-refractivity contribution is 6.11. The second-order valence-electron chi connectivity index (χ2n) is 2.18. The van der Waals surface area contributed by atoms with Gasteiger partial charge in [-0.2, -0.15) is 13.2 Å². The minimum Gasteiger partial charge on any atom is -0.274 e. The zero-order chi connectivity index (χ0) is 10.8. The number of amides is 3. The fourth-order valence-electron chi connectivity index (χ4n) is 0.634. The van der Waals surface area contributed by atoms with Gasteiger partial charge in [0.25, 0.3) is 0 Å². The number of nitrogens with zero attached hydrogens (tertiary/aromatic N) is 1. The van der Waals surface area contributed by atoms with Crippen LogP contribution >= 0.6 is 0 Å². The maximum atomic E-state index is 11.7. The van der Waals surface area contributed by atoms with Crippen molar-refractivity contribution < 1.29 is 27.6 Å². The molecule has 74 valence electrons. The van der Waals surface area contributed by atoms with Gasteiger partial charge < -0.3 is 0 Å². The van der Waals surface area contributed by atoms with Crippen LogP contribution in [-0.2, 0) is 14.4 Å². The summed E-state index contributed by atoms with van der Waals surface area (Å²) in [6.07, 6.45) is -5.21. The highest BCUT2D eigenvalue weighted by Crippen LogP contribution is 2.18. The summed E-state index contributed by atoms with van der Waals surface area (Å²) in [6, 6.07) is 0. The molecule has 0 radical (unpaired) electrons. The molecule has 0 atom stereocenters. The van der Waals surface area contributed by atoms with Crippen LogP contribution in [0.3, 0.4) is 0 Å². The lowest BCUT2D eigenvalue weighted by Gasteiger charge is -2.16. The normalized spacial score (nSPS) is 10.8. The molecule has 0 fully saturated rings. The van der Waals surface area contributed by atoms with Gasteiger partial charge in [0.05, 0.1) is 0 Å². The maximum Gasteiger partial charge on any atom is 0.472 e. The first-order valence-corrected chi connectivity index (χ1v) is 3.10. The maximum absolute atomic E-state index is 11.7. The molecule has 0 aromatic rings. The monoisotopic (exact) mass is 197 g/mol. The molecular formula is C6H6F3NO3. The summed E-state index contributed by atoms with van der Waals surface area (Å²) in [5.41, 5.74) is 0. The lowest BCUT2D eigenvalue weighted by Crippen LogP contribution is -2.46. The molecule has 0 aromatic heterocycles. The summed E-state index contributed by atoms with van der Waals surface area (Å²) in [7, 11) is 0. The van der Waals surface area contributed by atoms with Crippen molar-refractivity contribution in [3.8, 4) is 0 Å². The summed E-state index contributed by atoms with van der Waals surface area (Å²) >= 11 is 0. The van der Waals surface area contributed by atoms with Crippen molar-refractivity contribution in [1.82, 2.24) is 4.90 Å². The van der Waals surface area contributed by atoms with E-state index in [0.29, 0.717) is 13.8 Å². The van der Waals surface area contributed by atoms with E-state index in [1.165, 1.54) is 0 Å². The number of alkyl halides is 3. The number of halogens is 3. The van der Waals surface area contributed by atoms with Gasteiger partial charge in [-0.15, -0.1) is 0 Å². The standard InChI is InChI=1S/C6H6F3NO3/c1-3(11)10(4(2)12)5(13)6(7,8)9/h1-2H3. The molecule has 0 bridgehead atoms. The topological polar surface area (TPSA) is 54.5 Å². The van der Waals surface area contributed by atoms with Gasteiger partial charge in [-0.1, -0.05) is 0 Å². The van der Waals surface area contributed by atoms with Crippen LogP contribution in [0.2, 0.25) is 0 Å². The van der Waals surface area contributed by atoms with Crippen LogP contribution in [0.15, 0.2) is 0 Å². The lowest BCUT2D eigenvalue weighted by molar-refractivity contribution is -0.188. The molecule has 0 saturated heterocycles. The van der Waals surface area contributed by atoms with E-state index >= 15 is 0 Å². The van der Waals surface area contributed by atoms with Crippen LogP contribution in [0.25, 0.3) is 0 Å². The Bertz CT molecular complexity index is 244. The second kappa shape index (κ2) is 3.55. The van der Waals surface area contributed by atoms with Gasteiger partial charge in [0.15, 0.2) is 0 Å². The summed E-state index contributed by atoms with van der Waals surface area (Å²) in [6.45, 7) is 1.40. The number of carbonyl (C=O) groups is 3. The molecular weight excluding hydrogens is 191 g/mol. The zero-order valence-electron chi connectivity index (χ0n) is 6.81. The minimum absolute atomic E-state index is 0.458. The van der Waals surface area contributed by atoms with Gasteiger partial charge >= 0.3 is 12.1 Å². The van der Waals surface area contributed by atoms with E-state index in [-0.39, 0.29) is 0 Å². The van der Waals surface area contributed by atoms with Gasteiger partial charge in [0, 0.05) is 13.8 Å². The molecule has 0 aliphatic heterocycles. The largest absolute Gasteiger partial charge is 0.472 e. The molecule has 0 aromatic carbocycles. The van der Waals surface area contributed by atoms with Crippen molar-refractivity contribution in [2.24, 2.45) is 0 Å². The van der Waals surface area contributed by atoms with Gasteiger partial charge in [-0.25, -0.2) is 4.90 Å². The van der Waals surface area contributed by atoms with Crippen molar-refractivity contribution in [2.45, 2.75) is 20.0 Å². The van der Waals surface area contributed by atoms with E-state index in [2.05, 4.69) is 0 Å². The van der Waals surface area contributed by atoms with E-state index in [1.54, 1.807) is 0 Å². The fourth-order valence-corrected chi connectivity index (χ4v) is 0.634. The molecule has 3 amide bonds. The summed E-state index contributed by atoms with van der Waals surface area (Å²) in [4.78, 5) is 30.9. The lowest BCUT2D eigenvalue weighted by atomic mass is 10.4. The smallest absolute Gasteiger partial charge is 0.274 e. The van der Waals surface area contributed by atoms with Crippen LogP contribution < -0.4 is 0 Å². The van der Waals surface area contributed by atoms with E-state index < -0.39 is 28.8 Å². The summed E-state index contributed by atoms with van der Waals surface area (Å²) < 4.78 is 35.2. The van der Waals surface area contributed by atoms with E-state index in [0.717, 1.165) is 0 Å². The highest BCUT2D eigenvalue weighted by Gasteiger charge is 2.45. The SMILES string of the molecule is CC(=O)N(C(C)=O)C(=O)C(F)(F)F. The van der Waals surface area contributed by atoms with E-state index in [4.69, 9.17) is 0 Å². The molecule has 0 aliphatic rings. The number of hydrogen-bond acceptors (Lipinski definition) is 3. The second-order valence-corrected chi connectivity index (χ2v) is 2.18. The Kier molecular flexibility index (Phi) is 3.16. The van der Waals surface area contributed by atoms with Gasteiger partial charge in [-0.05, 0) is 0 Å². The van der Waals surface area contributed by atoms with Crippen molar-refractivity contribution in [2.75, 3.05) is 0 Å². The summed E-state index contributed by atoms with van der Waals surface area (Å²) in [5, 5.41) is 0. The van der Waals surface area contributed by atoms with Crippen molar-refractivity contribution in [3.05, 3.63) is 0 Å². The number of imide groups is 3. The van der Waals surface area contributed by atoms with Crippen molar-refractivity contribution in [1.29, 1.82) is 0 Å². The Morgan fingerprint density at radius 1 is 1.00 bits per heavy atom. The molecule has 4 nitrogen and oxygen atoms in total. The van der Waals surface area contributed by atoms with Gasteiger partial charge in [0.2, 0.25) is 11.8 Å². The fraction of sp³-hybridized carbons (Fsp3) is 0.500. The third-order valence-electron chi connectivity index (χ3n) is 1.08. The molecule has 13 heavy (non-hydrogen) atoms. The Labute approximate surface area is 71.3 Å². The van der Waals surface area contributed by atoms with E-state index in [1.807, 2.05) is 0 Å².